The second-order valence-corrected chi connectivity index (χ2v) is 5.29. The molecule has 2 nitrogen and oxygen atoms in total. The molecule has 0 fully saturated rings. The van der Waals surface area contributed by atoms with E-state index in [4.69, 9.17) is 0 Å². The zero-order valence-corrected chi connectivity index (χ0v) is 11.3. The lowest BCUT2D eigenvalue weighted by molar-refractivity contribution is 0.425. The maximum absolute atomic E-state index is 13.1. The zero-order valence-electron chi connectivity index (χ0n) is 10.5. The summed E-state index contributed by atoms with van der Waals surface area (Å²) in [6.45, 7) is 2.02. The summed E-state index contributed by atoms with van der Waals surface area (Å²) in [6.07, 6.45) is 0. The molecule has 0 bridgehead atoms. The molecule has 0 saturated carbocycles. The second kappa shape index (κ2) is 6.24. The van der Waals surface area contributed by atoms with E-state index in [0.29, 0.717) is 5.75 Å². The van der Waals surface area contributed by atoms with Crippen molar-refractivity contribution in [3.8, 4) is 0 Å². The highest BCUT2D eigenvalue weighted by atomic mass is 32.2. The van der Waals surface area contributed by atoms with Crippen LogP contribution in [0.3, 0.4) is 0 Å². The first-order valence-electron chi connectivity index (χ1n) is 5.91. The topological polar surface area (TPSA) is 40.5 Å². The smallest absolute Gasteiger partial charge is 0.423 e. The van der Waals surface area contributed by atoms with Crippen LogP contribution in [0.15, 0.2) is 47.4 Å². The SMILES string of the molecule is Cc1ccccc1SCc1ccc(F)cc1B(O)O. The molecule has 0 saturated heterocycles. The van der Waals surface area contributed by atoms with E-state index in [1.165, 1.54) is 17.7 Å². The molecule has 2 rings (SSSR count). The van der Waals surface area contributed by atoms with Crippen LogP contribution in [0.4, 0.5) is 4.39 Å². The van der Waals surface area contributed by atoms with Crippen LogP contribution < -0.4 is 5.46 Å². The summed E-state index contributed by atoms with van der Waals surface area (Å²) in [4.78, 5) is 1.13. The average molecular weight is 276 g/mol. The highest BCUT2D eigenvalue weighted by molar-refractivity contribution is 7.98. The van der Waals surface area contributed by atoms with Gasteiger partial charge in [-0.25, -0.2) is 4.39 Å². The van der Waals surface area contributed by atoms with E-state index in [1.54, 1.807) is 17.8 Å². The first kappa shape index (κ1) is 14.1. The minimum atomic E-state index is -1.65. The fourth-order valence-corrected chi connectivity index (χ4v) is 2.86. The number of benzene rings is 2. The van der Waals surface area contributed by atoms with E-state index in [2.05, 4.69) is 0 Å². The summed E-state index contributed by atoms with van der Waals surface area (Å²) in [5.41, 5.74) is 2.12. The average Bonchev–Trinajstić information content (AvgIpc) is 2.38. The van der Waals surface area contributed by atoms with Gasteiger partial charge in [0.25, 0.3) is 0 Å². The van der Waals surface area contributed by atoms with Gasteiger partial charge >= 0.3 is 7.12 Å². The van der Waals surface area contributed by atoms with Crippen LogP contribution in [0, 0.1) is 12.7 Å². The molecule has 2 aromatic carbocycles. The number of rotatable bonds is 4. The Morgan fingerprint density at radius 2 is 1.89 bits per heavy atom. The van der Waals surface area contributed by atoms with Gasteiger partial charge in [0, 0.05) is 10.6 Å². The lowest BCUT2D eigenvalue weighted by Crippen LogP contribution is -2.33. The third kappa shape index (κ3) is 3.59. The Morgan fingerprint density at radius 1 is 1.16 bits per heavy atom. The maximum Gasteiger partial charge on any atom is 0.488 e. The molecule has 98 valence electrons. The fourth-order valence-electron chi connectivity index (χ4n) is 1.81. The number of halogens is 1. The summed E-state index contributed by atoms with van der Waals surface area (Å²) in [5.74, 6) is 0.102. The number of thioether (sulfide) groups is 1. The van der Waals surface area contributed by atoms with Crippen molar-refractivity contribution in [1.29, 1.82) is 0 Å². The molecular weight excluding hydrogens is 262 g/mol. The van der Waals surface area contributed by atoms with Crippen molar-refractivity contribution in [1.82, 2.24) is 0 Å². The van der Waals surface area contributed by atoms with Crippen LogP contribution in [0.25, 0.3) is 0 Å². The minimum absolute atomic E-state index is 0.223. The number of hydrogen-bond acceptors (Lipinski definition) is 3. The summed E-state index contributed by atoms with van der Waals surface area (Å²) < 4.78 is 13.1. The van der Waals surface area contributed by atoms with E-state index in [0.717, 1.165) is 10.5 Å². The molecule has 0 amide bonds. The molecule has 5 heteroatoms. The Balaban J connectivity index is 2.18. The minimum Gasteiger partial charge on any atom is -0.423 e. The van der Waals surface area contributed by atoms with E-state index < -0.39 is 12.9 Å². The van der Waals surface area contributed by atoms with Gasteiger partial charge in [-0.05, 0) is 41.7 Å². The van der Waals surface area contributed by atoms with E-state index in [-0.39, 0.29) is 5.46 Å². The molecule has 0 unspecified atom stereocenters. The normalized spacial score (nSPS) is 10.5. The molecule has 0 heterocycles. The van der Waals surface area contributed by atoms with Gasteiger partial charge in [0.15, 0.2) is 0 Å². The Morgan fingerprint density at radius 3 is 2.58 bits per heavy atom. The van der Waals surface area contributed by atoms with Gasteiger partial charge < -0.3 is 10.0 Å². The summed E-state index contributed by atoms with van der Waals surface area (Å²) in [5, 5.41) is 18.5. The Kier molecular flexibility index (Phi) is 4.63. The van der Waals surface area contributed by atoms with Crippen LogP contribution in [0.2, 0.25) is 0 Å². The molecule has 2 aromatic rings. The van der Waals surface area contributed by atoms with Crippen molar-refractivity contribution in [2.24, 2.45) is 0 Å². The number of aryl methyl sites for hydroxylation is 1. The monoisotopic (exact) mass is 276 g/mol. The van der Waals surface area contributed by atoms with Crippen molar-refractivity contribution in [2.45, 2.75) is 17.6 Å². The molecule has 0 spiro atoms. The van der Waals surface area contributed by atoms with Crippen LogP contribution in [-0.2, 0) is 5.75 Å². The van der Waals surface area contributed by atoms with Gasteiger partial charge in [-0.2, -0.15) is 0 Å². The maximum atomic E-state index is 13.1. The van der Waals surface area contributed by atoms with Gasteiger partial charge in [-0.3, -0.25) is 0 Å². The zero-order chi connectivity index (χ0) is 13.8. The van der Waals surface area contributed by atoms with Crippen molar-refractivity contribution < 1.29 is 14.4 Å². The summed E-state index contributed by atoms with van der Waals surface area (Å²) in [7, 11) is -1.65. The van der Waals surface area contributed by atoms with Gasteiger partial charge in [0.05, 0.1) is 0 Å². The predicted octanol–water partition coefficient (Wildman–Crippen LogP) is 2.11. The van der Waals surface area contributed by atoms with Crippen molar-refractivity contribution in [3.05, 3.63) is 59.4 Å². The van der Waals surface area contributed by atoms with Crippen molar-refractivity contribution in [3.63, 3.8) is 0 Å². The Bertz CT molecular complexity index is 575. The third-order valence-corrected chi connectivity index (χ3v) is 4.09. The van der Waals surface area contributed by atoms with Crippen LogP contribution in [0.5, 0.6) is 0 Å². The van der Waals surface area contributed by atoms with Gasteiger partial charge in [-0.15, -0.1) is 11.8 Å². The summed E-state index contributed by atoms with van der Waals surface area (Å²) >= 11 is 1.59. The lowest BCUT2D eigenvalue weighted by atomic mass is 9.77. The summed E-state index contributed by atoms with van der Waals surface area (Å²) in [6, 6.07) is 12.1. The first-order valence-corrected chi connectivity index (χ1v) is 6.89. The molecule has 0 aliphatic rings. The standard InChI is InChI=1S/C14H14BFO2S/c1-10-4-2-3-5-14(10)19-9-11-6-7-12(16)8-13(11)15(17)18/h2-8,17-18H,9H2,1H3. The molecule has 19 heavy (non-hydrogen) atoms. The van der Waals surface area contributed by atoms with Gasteiger partial charge in [0.2, 0.25) is 0 Å². The molecule has 0 aliphatic heterocycles. The Labute approximate surface area is 116 Å². The molecule has 2 N–H and O–H groups in total. The number of hydrogen-bond donors (Lipinski definition) is 2. The molecule has 0 aliphatic carbocycles. The predicted molar refractivity (Wildman–Crippen MR) is 77.0 cm³/mol. The fraction of sp³-hybridized carbons (Fsp3) is 0.143. The van der Waals surface area contributed by atoms with Crippen LogP contribution in [0.1, 0.15) is 11.1 Å². The highest BCUT2D eigenvalue weighted by Crippen LogP contribution is 2.25. The van der Waals surface area contributed by atoms with Crippen molar-refractivity contribution in [2.75, 3.05) is 0 Å². The van der Waals surface area contributed by atoms with Crippen molar-refractivity contribution >= 4 is 24.3 Å². The first-order chi connectivity index (χ1) is 9.08. The van der Waals surface area contributed by atoms with E-state index >= 15 is 0 Å². The lowest BCUT2D eigenvalue weighted by Gasteiger charge is -2.10. The molecule has 0 aromatic heterocycles. The Hall–Kier alpha value is -1.30. The largest absolute Gasteiger partial charge is 0.488 e. The molecular formula is C14H14BFO2S. The van der Waals surface area contributed by atoms with Gasteiger partial charge in [0.1, 0.15) is 5.82 Å². The third-order valence-electron chi connectivity index (χ3n) is 2.86. The van der Waals surface area contributed by atoms with Crippen LogP contribution in [-0.4, -0.2) is 17.2 Å². The quantitative estimate of drug-likeness (QED) is 0.663. The highest BCUT2D eigenvalue weighted by Gasteiger charge is 2.17. The molecule has 0 radical (unpaired) electrons. The molecule has 0 atom stereocenters. The second-order valence-electron chi connectivity index (χ2n) is 4.27. The van der Waals surface area contributed by atoms with E-state index in [9.17, 15) is 14.4 Å². The van der Waals surface area contributed by atoms with Crippen LogP contribution >= 0.6 is 11.8 Å². The van der Waals surface area contributed by atoms with Gasteiger partial charge in [-0.1, -0.05) is 24.3 Å². The van der Waals surface area contributed by atoms with E-state index in [1.807, 2.05) is 31.2 Å².